The number of ketones is 1. The third-order valence-electron chi connectivity index (χ3n) is 4.36. The van der Waals surface area contributed by atoms with Gasteiger partial charge in [0.05, 0.1) is 25.3 Å². The van der Waals surface area contributed by atoms with E-state index in [2.05, 4.69) is 4.98 Å². The molecule has 0 unspecified atom stereocenters. The van der Waals surface area contributed by atoms with Crippen LogP contribution in [0.15, 0.2) is 40.6 Å². The van der Waals surface area contributed by atoms with Crippen LogP contribution in [-0.4, -0.2) is 34.4 Å². The summed E-state index contributed by atoms with van der Waals surface area (Å²) in [6.07, 6.45) is 2.37. The molecule has 3 aromatic rings. The van der Waals surface area contributed by atoms with Gasteiger partial charge in [-0.2, -0.15) is 0 Å². The maximum absolute atomic E-state index is 12.4. The molecule has 1 aliphatic rings. The summed E-state index contributed by atoms with van der Waals surface area (Å²) in [5.41, 5.74) is 0.604. The molecule has 0 bridgehead atoms. The Hall–Kier alpha value is -3.20. The van der Waals surface area contributed by atoms with Gasteiger partial charge in [-0.3, -0.25) is 18.8 Å². The molecule has 4 rings (SSSR count). The van der Waals surface area contributed by atoms with Gasteiger partial charge in [0.2, 0.25) is 0 Å². The number of carbonyl (C=O) groups is 2. The summed E-state index contributed by atoms with van der Waals surface area (Å²) in [4.78, 5) is 41.1. The number of Topliss-reactive ketones (excluding diaryl/α,β-unsaturated/α-hetero) is 1. The highest BCUT2D eigenvalue weighted by Gasteiger charge is 2.16. The summed E-state index contributed by atoms with van der Waals surface area (Å²) in [5, 5.41) is 1.75. The van der Waals surface area contributed by atoms with Gasteiger partial charge in [-0.1, -0.05) is 0 Å². The highest BCUT2D eigenvalue weighted by atomic mass is 32.1. The molecule has 0 N–H and O–H groups in total. The molecule has 0 aliphatic carbocycles. The average Bonchev–Trinajstić information content (AvgIpc) is 3.08. The van der Waals surface area contributed by atoms with Crippen molar-refractivity contribution in [2.75, 3.05) is 13.2 Å². The summed E-state index contributed by atoms with van der Waals surface area (Å²) in [7, 11) is 0. The van der Waals surface area contributed by atoms with Crippen LogP contribution in [0.4, 0.5) is 0 Å². The van der Waals surface area contributed by atoms with Gasteiger partial charge in [0.25, 0.3) is 5.56 Å². The Labute approximate surface area is 169 Å². The van der Waals surface area contributed by atoms with E-state index in [0.717, 1.165) is 6.42 Å². The molecule has 1 aromatic carbocycles. The van der Waals surface area contributed by atoms with Crippen LogP contribution in [0, 0.1) is 0 Å². The standard InChI is InChI=1S/C20H18N2O6S/c23-15(13-2-4-16-17(10-13)27-8-1-7-26-16)3-5-19(25)28-12-14-11-18(24)22-6-9-29-20(22)21-14/h2,4,6,9-11H,1,3,5,7-8,12H2. The Morgan fingerprint density at radius 3 is 2.83 bits per heavy atom. The van der Waals surface area contributed by atoms with Crippen molar-refractivity contribution in [3.8, 4) is 11.5 Å². The molecular formula is C20H18N2O6S. The molecule has 1 aliphatic heterocycles. The zero-order valence-corrected chi connectivity index (χ0v) is 16.3. The van der Waals surface area contributed by atoms with Crippen LogP contribution in [0.25, 0.3) is 4.96 Å². The van der Waals surface area contributed by atoms with E-state index in [9.17, 15) is 14.4 Å². The molecule has 8 nitrogen and oxygen atoms in total. The van der Waals surface area contributed by atoms with Crippen molar-refractivity contribution in [3.63, 3.8) is 0 Å². The summed E-state index contributed by atoms with van der Waals surface area (Å²) in [5.74, 6) is 0.441. The van der Waals surface area contributed by atoms with Crippen LogP contribution < -0.4 is 15.0 Å². The quantitative estimate of drug-likeness (QED) is 0.452. The molecule has 0 spiro atoms. The van der Waals surface area contributed by atoms with E-state index in [-0.39, 0.29) is 30.8 Å². The number of rotatable bonds is 6. The predicted molar refractivity (Wildman–Crippen MR) is 105 cm³/mol. The molecule has 3 heterocycles. The molecule has 150 valence electrons. The Kier molecular flexibility index (Phi) is 5.57. The maximum atomic E-state index is 12.4. The number of hydrogen-bond acceptors (Lipinski definition) is 8. The van der Waals surface area contributed by atoms with Gasteiger partial charge in [-0.05, 0) is 18.2 Å². The number of carbonyl (C=O) groups excluding carboxylic acids is 2. The lowest BCUT2D eigenvalue weighted by atomic mass is 10.1. The number of ether oxygens (including phenoxy) is 3. The second kappa shape index (κ2) is 8.44. The van der Waals surface area contributed by atoms with Crippen molar-refractivity contribution in [2.24, 2.45) is 0 Å². The fraction of sp³-hybridized carbons (Fsp3) is 0.300. The molecule has 0 fully saturated rings. The Morgan fingerprint density at radius 2 is 1.97 bits per heavy atom. The fourth-order valence-electron chi connectivity index (χ4n) is 2.89. The van der Waals surface area contributed by atoms with E-state index in [1.807, 2.05) is 0 Å². The van der Waals surface area contributed by atoms with E-state index in [0.29, 0.717) is 40.9 Å². The molecule has 0 atom stereocenters. The first-order valence-corrected chi connectivity index (χ1v) is 10.0. The minimum absolute atomic E-state index is 0.0124. The predicted octanol–water partition coefficient (Wildman–Crippen LogP) is 2.62. The summed E-state index contributed by atoms with van der Waals surface area (Å²) in [6.45, 7) is 0.999. The molecule has 0 saturated heterocycles. The SMILES string of the molecule is O=C(CCC(=O)c1ccc2c(c1)OCCCO2)OCc1cc(=O)n2ccsc2n1. The minimum Gasteiger partial charge on any atom is -0.490 e. The Morgan fingerprint density at radius 1 is 1.14 bits per heavy atom. The van der Waals surface area contributed by atoms with Crippen molar-refractivity contribution in [1.29, 1.82) is 0 Å². The number of nitrogens with zero attached hydrogens (tertiary/aromatic N) is 2. The molecule has 29 heavy (non-hydrogen) atoms. The highest BCUT2D eigenvalue weighted by molar-refractivity contribution is 7.15. The van der Waals surface area contributed by atoms with E-state index in [1.165, 1.54) is 21.8 Å². The topological polar surface area (TPSA) is 96.2 Å². The Balaban J connectivity index is 1.31. The number of esters is 1. The number of fused-ring (bicyclic) bond motifs is 2. The van der Waals surface area contributed by atoms with Crippen molar-refractivity contribution in [1.82, 2.24) is 9.38 Å². The second-order valence-electron chi connectivity index (χ2n) is 6.44. The lowest BCUT2D eigenvalue weighted by Gasteiger charge is -2.09. The van der Waals surface area contributed by atoms with Crippen LogP contribution in [0.1, 0.15) is 35.3 Å². The molecule has 0 amide bonds. The normalized spacial score (nSPS) is 13.1. The molecule has 0 saturated carbocycles. The highest BCUT2D eigenvalue weighted by Crippen LogP contribution is 2.30. The van der Waals surface area contributed by atoms with Crippen molar-refractivity contribution in [3.05, 3.63) is 57.5 Å². The first-order chi connectivity index (χ1) is 14.1. The van der Waals surface area contributed by atoms with Gasteiger partial charge in [-0.25, -0.2) is 4.98 Å². The number of benzene rings is 1. The average molecular weight is 414 g/mol. The van der Waals surface area contributed by atoms with E-state index >= 15 is 0 Å². The third-order valence-corrected chi connectivity index (χ3v) is 5.12. The van der Waals surface area contributed by atoms with Crippen LogP contribution in [-0.2, 0) is 16.1 Å². The van der Waals surface area contributed by atoms with Crippen LogP contribution in [0.3, 0.4) is 0 Å². The van der Waals surface area contributed by atoms with Gasteiger partial charge in [0, 0.05) is 36.0 Å². The molecule has 2 aromatic heterocycles. The molecular weight excluding hydrogens is 396 g/mol. The lowest BCUT2D eigenvalue weighted by molar-refractivity contribution is -0.145. The first-order valence-electron chi connectivity index (χ1n) is 9.14. The summed E-state index contributed by atoms with van der Waals surface area (Å²) >= 11 is 1.32. The molecule has 0 radical (unpaired) electrons. The third kappa shape index (κ3) is 4.45. The number of hydrogen-bond donors (Lipinski definition) is 0. The van der Waals surface area contributed by atoms with E-state index in [1.54, 1.807) is 29.8 Å². The van der Waals surface area contributed by atoms with Crippen molar-refractivity contribution in [2.45, 2.75) is 25.9 Å². The van der Waals surface area contributed by atoms with E-state index < -0.39 is 5.97 Å². The van der Waals surface area contributed by atoms with Gasteiger partial charge in [-0.15, -0.1) is 11.3 Å². The maximum Gasteiger partial charge on any atom is 0.306 e. The number of aromatic nitrogens is 2. The zero-order chi connectivity index (χ0) is 20.2. The molecule has 9 heteroatoms. The monoisotopic (exact) mass is 414 g/mol. The van der Waals surface area contributed by atoms with Gasteiger partial charge in [0.15, 0.2) is 22.2 Å². The summed E-state index contributed by atoms with van der Waals surface area (Å²) < 4.78 is 17.7. The van der Waals surface area contributed by atoms with Gasteiger partial charge < -0.3 is 14.2 Å². The Bertz CT molecular complexity index is 1120. The van der Waals surface area contributed by atoms with Crippen molar-refractivity contribution < 1.29 is 23.8 Å². The van der Waals surface area contributed by atoms with Crippen LogP contribution in [0.2, 0.25) is 0 Å². The van der Waals surface area contributed by atoms with Crippen LogP contribution in [0.5, 0.6) is 11.5 Å². The summed E-state index contributed by atoms with van der Waals surface area (Å²) in [6, 6.07) is 6.34. The first kappa shape index (κ1) is 19.1. The van der Waals surface area contributed by atoms with Gasteiger partial charge in [0.1, 0.15) is 6.61 Å². The number of thiazole rings is 1. The van der Waals surface area contributed by atoms with Crippen molar-refractivity contribution >= 4 is 28.1 Å². The second-order valence-corrected chi connectivity index (χ2v) is 7.31. The van der Waals surface area contributed by atoms with Gasteiger partial charge >= 0.3 is 5.97 Å². The van der Waals surface area contributed by atoms with E-state index in [4.69, 9.17) is 14.2 Å². The largest absolute Gasteiger partial charge is 0.490 e. The smallest absolute Gasteiger partial charge is 0.306 e. The fourth-order valence-corrected chi connectivity index (χ4v) is 3.62. The minimum atomic E-state index is -0.527. The zero-order valence-electron chi connectivity index (χ0n) is 15.5. The lowest BCUT2D eigenvalue weighted by Crippen LogP contribution is -2.15. The van der Waals surface area contributed by atoms with Crippen LogP contribution >= 0.6 is 11.3 Å².